The van der Waals surface area contributed by atoms with Gasteiger partial charge in [0.15, 0.2) is 0 Å². The molecule has 0 saturated carbocycles. The predicted molar refractivity (Wildman–Crippen MR) is 60.8 cm³/mol. The van der Waals surface area contributed by atoms with Crippen LogP contribution in [0.5, 0.6) is 0 Å². The second kappa shape index (κ2) is 5.26. The number of nitrogens with two attached hydrogens (primary N) is 1. The van der Waals surface area contributed by atoms with E-state index in [1.54, 1.807) is 0 Å². The van der Waals surface area contributed by atoms with Crippen molar-refractivity contribution in [3.05, 3.63) is 5.82 Å². The Bertz CT molecular complexity index is 274. The average Bonchev–Trinajstić information content (AvgIpc) is 2.65. The molecule has 0 fully saturated rings. The molecule has 1 unspecified atom stereocenters. The zero-order chi connectivity index (χ0) is 10.6. The maximum absolute atomic E-state index is 5.52. The number of anilines is 1. The summed E-state index contributed by atoms with van der Waals surface area (Å²) in [6.45, 7) is 4.93. The van der Waals surface area contributed by atoms with Gasteiger partial charge in [-0.3, -0.25) is 0 Å². The number of rotatable bonds is 5. The molecule has 0 amide bonds. The van der Waals surface area contributed by atoms with Crippen LogP contribution >= 0.6 is 11.5 Å². The Labute approximate surface area is 89.3 Å². The molecule has 0 bridgehead atoms. The molecule has 5 heteroatoms. The first-order valence-electron chi connectivity index (χ1n) is 4.94. The van der Waals surface area contributed by atoms with Gasteiger partial charge in [0.2, 0.25) is 5.13 Å². The van der Waals surface area contributed by atoms with E-state index in [4.69, 9.17) is 5.73 Å². The molecule has 1 aromatic heterocycles. The van der Waals surface area contributed by atoms with Gasteiger partial charge in [0, 0.05) is 31.0 Å². The first-order chi connectivity index (χ1) is 6.69. The Morgan fingerprint density at radius 3 is 2.79 bits per heavy atom. The fourth-order valence-electron chi connectivity index (χ4n) is 1.15. The van der Waals surface area contributed by atoms with Gasteiger partial charge in [0.1, 0.15) is 5.82 Å². The van der Waals surface area contributed by atoms with Gasteiger partial charge in [-0.05, 0) is 19.9 Å². The van der Waals surface area contributed by atoms with Gasteiger partial charge in [0.25, 0.3) is 0 Å². The van der Waals surface area contributed by atoms with Crippen LogP contribution in [0, 0.1) is 0 Å². The zero-order valence-corrected chi connectivity index (χ0v) is 9.84. The van der Waals surface area contributed by atoms with Crippen LogP contribution in [0.1, 0.15) is 26.1 Å². The summed E-state index contributed by atoms with van der Waals surface area (Å²) in [7, 11) is 2.04. The van der Waals surface area contributed by atoms with Crippen LogP contribution in [0.25, 0.3) is 0 Å². The van der Waals surface area contributed by atoms with Crippen molar-refractivity contribution in [1.29, 1.82) is 0 Å². The first kappa shape index (κ1) is 11.4. The van der Waals surface area contributed by atoms with Crippen molar-refractivity contribution < 1.29 is 0 Å². The molecule has 1 aromatic rings. The maximum atomic E-state index is 5.52. The first-order valence-corrected chi connectivity index (χ1v) is 5.71. The van der Waals surface area contributed by atoms with E-state index >= 15 is 0 Å². The van der Waals surface area contributed by atoms with E-state index < -0.39 is 0 Å². The lowest BCUT2D eigenvalue weighted by molar-refractivity contribution is 0.633. The van der Waals surface area contributed by atoms with Crippen LogP contribution in [-0.4, -0.2) is 29.0 Å². The van der Waals surface area contributed by atoms with E-state index in [0.29, 0.717) is 12.6 Å². The molecule has 0 saturated heterocycles. The Balaban J connectivity index is 2.63. The molecule has 2 N–H and O–H groups in total. The van der Waals surface area contributed by atoms with Crippen molar-refractivity contribution in [2.75, 3.05) is 18.5 Å². The van der Waals surface area contributed by atoms with E-state index in [9.17, 15) is 0 Å². The Hall–Kier alpha value is -0.680. The van der Waals surface area contributed by atoms with E-state index in [-0.39, 0.29) is 0 Å². The van der Waals surface area contributed by atoms with Crippen LogP contribution in [0.3, 0.4) is 0 Å². The molecule has 0 spiro atoms. The number of aromatic nitrogens is 2. The van der Waals surface area contributed by atoms with Crippen LogP contribution in [0.4, 0.5) is 5.13 Å². The highest BCUT2D eigenvalue weighted by Crippen LogP contribution is 2.18. The molecule has 0 aromatic carbocycles. The fourth-order valence-corrected chi connectivity index (χ4v) is 1.97. The van der Waals surface area contributed by atoms with Crippen molar-refractivity contribution in [1.82, 2.24) is 9.36 Å². The van der Waals surface area contributed by atoms with Gasteiger partial charge in [-0.2, -0.15) is 4.37 Å². The third-order valence-corrected chi connectivity index (χ3v) is 3.17. The van der Waals surface area contributed by atoms with Crippen molar-refractivity contribution in [2.45, 2.75) is 32.7 Å². The molecule has 4 nitrogen and oxygen atoms in total. The highest BCUT2D eigenvalue weighted by molar-refractivity contribution is 7.09. The highest BCUT2D eigenvalue weighted by atomic mass is 32.1. The van der Waals surface area contributed by atoms with Gasteiger partial charge in [0.05, 0.1) is 0 Å². The predicted octanol–water partition coefficient (Wildman–Crippen LogP) is 1.27. The van der Waals surface area contributed by atoms with Gasteiger partial charge in [-0.15, -0.1) is 0 Å². The maximum Gasteiger partial charge on any atom is 0.205 e. The lowest BCUT2D eigenvalue weighted by atomic mass is 10.2. The molecule has 0 aliphatic heterocycles. The summed E-state index contributed by atoms with van der Waals surface area (Å²) in [5.74, 6) is 0.928. The van der Waals surface area contributed by atoms with E-state index in [1.165, 1.54) is 11.5 Å². The molecular formula is C9H18N4S. The summed E-state index contributed by atoms with van der Waals surface area (Å²) in [5, 5.41) is 0.989. The summed E-state index contributed by atoms with van der Waals surface area (Å²) in [6, 6.07) is 0.428. The minimum atomic E-state index is 0.428. The molecule has 1 atom stereocenters. The summed E-state index contributed by atoms with van der Waals surface area (Å²) in [6.07, 6.45) is 1.88. The number of hydrogen-bond donors (Lipinski definition) is 1. The van der Waals surface area contributed by atoms with Crippen molar-refractivity contribution in [3.8, 4) is 0 Å². The zero-order valence-electron chi connectivity index (χ0n) is 9.03. The topological polar surface area (TPSA) is 55.0 Å². The summed E-state index contributed by atoms with van der Waals surface area (Å²) in [5.41, 5.74) is 5.52. The average molecular weight is 214 g/mol. The molecule has 1 heterocycles. The second-order valence-corrected chi connectivity index (χ2v) is 4.11. The van der Waals surface area contributed by atoms with Gasteiger partial charge >= 0.3 is 0 Å². The largest absolute Gasteiger partial charge is 0.347 e. The number of hydrogen-bond acceptors (Lipinski definition) is 5. The third-order valence-electron chi connectivity index (χ3n) is 2.32. The van der Waals surface area contributed by atoms with Gasteiger partial charge in [-0.25, -0.2) is 4.98 Å². The second-order valence-electron chi connectivity index (χ2n) is 3.38. The van der Waals surface area contributed by atoms with Crippen molar-refractivity contribution in [2.24, 2.45) is 5.73 Å². The van der Waals surface area contributed by atoms with Crippen LogP contribution < -0.4 is 10.6 Å². The van der Waals surface area contributed by atoms with Crippen LogP contribution in [0.2, 0.25) is 0 Å². The molecular weight excluding hydrogens is 196 g/mol. The minimum absolute atomic E-state index is 0.428. The van der Waals surface area contributed by atoms with E-state index in [2.05, 4.69) is 28.1 Å². The smallest absolute Gasteiger partial charge is 0.205 e. The van der Waals surface area contributed by atoms with Gasteiger partial charge < -0.3 is 10.6 Å². The molecule has 14 heavy (non-hydrogen) atoms. The number of aryl methyl sites for hydroxylation is 1. The Morgan fingerprint density at radius 2 is 2.29 bits per heavy atom. The molecule has 80 valence electrons. The van der Waals surface area contributed by atoms with Crippen molar-refractivity contribution >= 4 is 16.7 Å². The quantitative estimate of drug-likeness (QED) is 0.802. The molecule has 0 aliphatic rings. The van der Waals surface area contributed by atoms with Crippen LogP contribution in [0.15, 0.2) is 0 Å². The van der Waals surface area contributed by atoms with Gasteiger partial charge in [-0.1, -0.05) is 6.92 Å². The number of nitrogens with zero attached hydrogens (tertiary/aromatic N) is 3. The summed E-state index contributed by atoms with van der Waals surface area (Å²) in [4.78, 5) is 6.57. The monoisotopic (exact) mass is 214 g/mol. The lowest BCUT2D eigenvalue weighted by Gasteiger charge is -2.22. The molecule has 1 rings (SSSR count). The lowest BCUT2D eigenvalue weighted by Crippen LogP contribution is -2.30. The minimum Gasteiger partial charge on any atom is -0.347 e. The fraction of sp³-hybridized carbons (Fsp3) is 0.778. The van der Waals surface area contributed by atoms with Crippen LogP contribution in [-0.2, 0) is 6.42 Å². The summed E-state index contributed by atoms with van der Waals surface area (Å²) < 4.78 is 4.26. The van der Waals surface area contributed by atoms with Crippen molar-refractivity contribution in [3.63, 3.8) is 0 Å². The van der Waals surface area contributed by atoms with E-state index in [1.807, 2.05) is 7.05 Å². The normalized spacial score (nSPS) is 12.9. The van der Waals surface area contributed by atoms with E-state index in [0.717, 1.165) is 23.8 Å². The molecule has 0 aliphatic carbocycles. The third kappa shape index (κ3) is 2.65. The Kier molecular flexibility index (Phi) is 4.28. The highest BCUT2D eigenvalue weighted by Gasteiger charge is 2.13. The molecule has 0 radical (unpaired) electrons. The summed E-state index contributed by atoms with van der Waals surface area (Å²) >= 11 is 1.46. The standard InChI is InChI=1S/C9H18N4S/c1-4-8-11-9(14-12-8)13(3)7(2)5-6-10/h7H,4-6,10H2,1-3H3. The Morgan fingerprint density at radius 1 is 1.57 bits per heavy atom. The SMILES string of the molecule is CCc1nsc(N(C)C(C)CCN)n1.